The van der Waals surface area contributed by atoms with Crippen LogP contribution in [0.2, 0.25) is 0 Å². The molecular weight excluding hydrogens is 250 g/mol. The molecule has 1 aromatic carbocycles. The zero-order chi connectivity index (χ0) is 13.9. The summed E-state index contributed by atoms with van der Waals surface area (Å²) in [6.45, 7) is 0.803. The van der Waals surface area contributed by atoms with Crippen molar-refractivity contribution in [3.05, 3.63) is 35.4 Å². The van der Waals surface area contributed by atoms with Crippen LogP contribution in [-0.2, 0) is 17.8 Å². The smallest absolute Gasteiger partial charge is 0.321 e. The Labute approximate surface area is 120 Å². The lowest BCUT2D eigenvalue weighted by Crippen LogP contribution is -2.50. The normalized spacial score (nSPS) is 24.9. The van der Waals surface area contributed by atoms with Gasteiger partial charge < -0.3 is 5.11 Å². The molecule has 20 heavy (non-hydrogen) atoms. The Kier molecular flexibility index (Phi) is 4.06. The van der Waals surface area contributed by atoms with Crippen molar-refractivity contribution >= 4 is 5.97 Å². The summed E-state index contributed by atoms with van der Waals surface area (Å²) in [5.74, 6) is -0.663. The van der Waals surface area contributed by atoms with Crippen LogP contribution in [0.4, 0.5) is 0 Å². The van der Waals surface area contributed by atoms with Crippen molar-refractivity contribution in [2.45, 2.75) is 63.6 Å². The number of carboxylic acid groups (broad SMARTS) is 1. The van der Waals surface area contributed by atoms with E-state index in [0.717, 1.165) is 19.4 Å². The van der Waals surface area contributed by atoms with Crippen molar-refractivity contribution in [3.63, 3.8) is 0 Å². The Hall–Kier alpha value is -1.35. The molecule has 2 aliphatic rings. The van der Waals surface area contributed by atoms with Gasteiger partial charge in [0.2, 0.25) is 0 Å². The van der Waals surface area contributed by atoms with E-state index in [4.69, 9.17) is 0 Å². The van der Waals surface area contributed by atoms with E-state index in [-0.39, 0.29) is 6.04 Å². The van der Waals surface area contributed by atoms with Gasteiger partial charge in [-0.2, -0.15) is 0 Å². The highest BCUT2D eigenvalue weighted by Gasteiger charge is 2.35. The molecule has 0 saturated heterocycles. The summed E-state index contributed by atoms with van der Waals surface area (Å²) in [7, 11) is 0. The Morgan fingerprint density at radius 2 is 1.70 bits per heavy atom. The molecule has 1 aliphatic heterocycles. The molecule has 3 heteroatoms. The number of benzene rings is 1. The molecule has 0 aromatic heterocycles. The van der Waals surface area contributed by atoms with Crippen LogP contribution in [-0.4, -0.2) is 28.1 Å². The summed E-state index contributed by atoms with van der Waals surface area (Å²) in [6.07, 6.45) is 8.07. The minimum Gasteiger partial charge on any atom is -0.480 e. The van der Waals surface area contributed by atoms with Crippen LogP contribution in [0.3, 0.4) is 0 Å². The monoisotopic (exact) mass is 273 g/mol. The molecule has 1 aliphatic carbocycles. The van der Waals surface area contributed by atoms with Gasteiger partial charge in [-0.05, 0) is 30.4 Å². The third kappa shape index (κ3) is 2.73. The largest absolute Gasteiger partial charge is 0.480 e. The van der Waals surface area contributed by atoms with E-state index in [1.54, 1.807) is 0 Å². The number of aliphatic carboxylic acids is 1. The average Bonchev–Trinajstić information content (AvgIpc) is 2.74. The van der Waals surface area contributed by atoms with E-state index in [1.807, 2.05) is 6.07 Å². The molecule has 1 heterocycles. The number of carboxylic acids is 1. The van der Waals surface area contributed by atoms with Gasteiger partial charge in [0.1, 0.15) is 6.04 Å². The van der Waals surface area contributed by atoms with E-state index in [2.05, 4.69) is 23.1 Å². The van der Waals surface area contributed by atoms with Gasteiger partial charge in [-0.15, -0.1) is 0 Å². The van der Waals surface area contributed by atoms with Gasteiger partial charge in [0, 0.05) is 12.6 Å². The number of rotatable bonds is 2. The van der Waals surface area contributed by atoms with E-state index in [0.29, 0.717) is 12.5 Å². The summed E-state index contributed by atoms with van der Waals surface area (Å²) < 4.78 is 0. The second kappa shape index (κ2) is 5.96. The average molecular weight is 273 g/mol. The van der Waals surface area contributed by atoms with E-state index < -0.39 is 5.97 Å². The van der Waals surface area contributed by atoms with Gasteiger partial charge >= 0.3 is 5.97 Å². The van der Waals surface area contributed by atoms with Gasteiger partial charge in [0.25, 0.3) is 0 Å². The zero-order valence-electron chi connectivity index (χ0n) is 11.9. The lowest BCUT2D eigenvalue weighted by atomic mass is 9.91. The topological polar surface area (TPSA) is 40.5 Å². The minimum absolute atomic E-state index is 0.340. The molecule has 1 aromatic rings. The molecule has 1 N–H and O–H groups in total. The second-order valence-electron chi connectivity index (χ2n) is 6.14. The number of carbonyl (C=O) groups is 1. The Morgan fingerprint density at radius 1 is 1.05 bits per heavy atom. The quantitative estimate of drug-likeness (QED) is 0.841. The molecule has 0 unspecified atom stereocenters. The molecule has 0 amide bonds. The first-order valence-electron chi connectivity index (χ1n) is 7.81. The highest BCUT2D eigenvalue weighted by atomic mass is 16.4. The molecule has 3 nitrogen and oxygen atoms in total. The third-order valence-corrected chi connectivity index (χ3v) is 4.86. The van der Waals surface area contributed by atoms with E-state index >= 15 is 0 Å². The summed E-state index contributed by atoms with van der Waals surface area (Å²) in [5.41, 5.74) is 2.53. The number of hydrogen-bond donors (Lipinski definition) is 1. The van der Waals surface area contributed by atoms with Crippen molar-refractivity contribution in [2.24, 2.45) is 0 Å². The highest BCUT2D eigenvalue weighted by Crippen LogP contribution is 2.30. The SMILES string of the molecule is O=C(O)[C@@H]1Cc2ccccc2CN1C1CCCCCC1. The first kappa shape index (κ1) is 13.6. The maximum atomic E-state index is 11.7. The molecular formula is C17H23NO2. The van der Waals surface area contributed by atoms with Crippen LogP contribution in [0.5, 0.6) is 0 Å². The molecule has 3 rings (SSSR count). The van der Waals surface area contributed by atoms with Crippen LogP contribution in [0, 0.1) is 0 Å². The molecule has 0 bridgehead atoms. The minimum atomic E-state index is -0.663. The van der Waals surface area contributed by atoms with Crippen molar-refractivity contribution in [1.82, 2.24) is 4.90 Å². The molecule has 0 spiro atoms. The van der Waals surface area contributed by atoms with E-state index in [9.17, 15) is 9.90 Å². The molecule has 0 radical (unpaired) electrons. The maximum Gasteiger partial charge on any atom is 0.321 e. The fourth-order valence-corrected chi connectivity index (χ4v) is 3.75. The maximum absolute atomic E-state index is 11.7. The predicted octanol–water partition coefficient (Wildman–Crippen LogP) is 3.22. The summed E-state index contributed by atoms with van der Waals surface area (Å²) in [4.78, 5) is 13.9. The predicted molar refractivity (Wildman–Crippen MR) is 78.6 cm³/mol. The van der Waals surface area contributed by atoms with Gasteiger partial charge in [0.05, 0.1) is 0 Å². The Bertz CT molecular complexity index is 478. The Morgan fingerprint density at radius 3 is 2.35 bits per heavy atom. The van der Waals surface area contributed by atoms with Crippen molar-refractivity contribution in [1.29, 1.82) is 0 Å². The lowest BCUT2D eigenvalue weighted by Gasteiger charge is -2.39. The standard InChI is InChI=1S/C17H23NO2/c19-17(20)16-11-13-7-5-6-8-14(13)12-18(16)15-9-3-1-2-4-10-15/h5-8,15-16H,1-4,9-12H2,(H,19,20)/t16-/m0/s1. The fourth-order valence-electron chi connectivity index (χ4n) is 3.75. The second-order valence-corrected chi connectivity index (χ2v) is 6.14. The molecule has 1 fully saturated rings. The van der Waals surface area contributed by atoms with Crippen molar-refractivity contribution < 1.29 is 9.90 Å². The van der Waals surface area contributed by atoms with Crippen molar-refractivity contribution in [3.8, 4) is 0 Å². The molecule has 108 valence electrons. The van der Waals surface area contributed by atoms with Crippen LogP contribution in [0.1, 0.15) is 49.7 Å². The van der Waals surface area contributed by atoms with Crippen LogP contribution in [0.15, 0.2) is 24.3 Å². The van der Waals surface area contributed by atoms with Gasteiger partial charge in [-0.3, -0.25) is 9.69 Å². The first-order chi connectivity index (χ1) is 9.75. The van der Waals surface area contributed by atoms with Crippen LogP contribution >= 0.6 is 0 Å². The summed E-state index contributed by atoms with van der Waals surface area (Å²) in [6, 6.07) is 8.41. The fraction of sp³-hybridized carbons (Fsp3) is 0.588. The third-order valence-electron chi connectivity index (χ3n) is 4.86. The van der Waals surface area contributed by atoms with Gasteiger partial charge in [-0.1, -0.05) is 49.9 Å². The Balaban J connectivity index is 1.85. The van der Waals surface area contributed by atoms with Crippen LogP contribution < -0.4 is 0 Å². The zero-order valence-corrected chi connectivity index (χ0v) is 11.9. The molecule has 1 saturated carbocycles. The van der Waals surface area contributed by atoms with Crippen LogP contribution in [0.25, 0.3) is 0 Å². The van der Waals surface area contributed by atoms with E-state index in [1.165, 1.54) is 36.8 Å². The van der Waals surface area contributed by atoms with Gasteiger partial charge in [-0.25, -0.2) is 0 Å². The summed E-state index contributed by atoms with van der Waals surface area (Å²) in [5, 5.41) is 9.59. The summed E-state index contributed by atoms with van der Waals surface area (Å²) >= 11 is 0. The van der Waals surface area contributed by atoms with Crippen molar-refractivity contribution in [2.75, 3.05) is 0 Å². The number of hydrogen-bond acceptors (Lipinski definition) is 2. The first-order valence-corrected chi connectivity index (χ1v) is 7.81. The van der Waals surface area contributed by atoms with Gasteiger partial charge in [0.15, 0.2) is 0 Å². The highest BCUT2D eigenvalue weighted by molar-refractivity contribution is 5.74. The number of fused-ring (bicyclic) bond motifs is 1. The number of nitrogens with zero attached hydrogens (tertiary/aromatic N) is 1. The lowest BCUT2D eigenvalue weighted by molar-refractivity contribution is -0.145. The molecule has 1 atom stereocenters.